The van der Waals surface area contributed by atoms with Gasteiger partial charge in [0, 0.05) is 11.5 Å². The second kappa shape index (κ2) is 8.43. The molecule has 1 heterocycles. The Morgan fingerprint density at radius 2 is 1.31 bits per heavy atom. The topological polar surface area (TPSA) is 77.6 Å². The minimum atomic E-state index is -4.63. The number of phosphoric ester groups is 1. The molecule has 0 aliphatic heterocycles. The van der Waals surface area contributed by atoms with E-state index in [4.69, 9.17) is 13.6 Å². The largest absolute Gasteiger partial charge is 0.647 e. The van der Waals surface area contributed by atoms with Crippen molar-refractivity contribution in [3.63, 3.8) is 0 Å². The number of hydrogen-bond donors (Lipinski definition) is 1. The average molecular weight is 461 g/mol. The number of rotatable bonds is 6. The number of phosphoric acid groups is 1. The molecule has 1 N–H and O–H groups in total. The van der Waals surface area contributed by atoms with E-state index in [9.17, 15) is 22.5 Å². The molecule has 0 bridgehead atoms. The maximum Gasteiger partial charge on any atom is 0.647 e. The summed E-state index contributed by atoms with van der Waals surface area (Å²) in [7, 11) is -4.50. The van der Waals surface area contributed by atoms with Crippen molar-refractivity contribution < 1.29 is 31.3 Å². The summed E-state index contributed by atoms with van der Waals surface area (Å²) < 4.78 is 69.7. The van der Waals surface area contributed by atoms with Crippen LogP contribution in [0.15, 0.2) is 89.7 Å². The first kappa shape index (κ1) is 21.5. The van der Waals surface area contributed by atoms with Crippen molar-refractivity contribution in [2.45, 2.75) is 6.18 Å². The first-order chi connectivity index (χ1) is 15.2. The molecule has 6 nitrogen and oxygen atoms in total. The number of aromatic nitrogens is 1. The molecular formula is C22H15F3NO5P. The normalized spacial score (nSPS) is 11.8. The molecule has 0 spiro atoms. The van der Waals surface area contributed by atoms with E-state index in [0.717, 1.165) is 24.3 Å². The SMILES string of the molecule is O=c1cc(OP(=O)(Oc2ccccc2)Oc2ccccc2)c2cc(C(F)(F)F)ccc2[nH]1. The molecule has 0 aliphatic rings. The molecular weight excluding hydrogens is 446 g/mol. The van der Waals surface area contributed by atoms with Crippen molar-refractivity contribution in [3.8, 4) is 17.2 Å². The summed E-state index contributed by atoms with van der Waals surface area (Å²) in [5.41, 5.74) is -1.57. The quantitative estimate of drug-likeness (QED) is 0.347. The second-order valence-electron chi connectivity index (χ2n) is 6.60. The van der Waals surface area contributed by atoms with Crippen LogP contribution in [0.2, 0.25) is 0 Å². The van der Waals surface area contributed by atoms with Crippen LogP contribution in [0.4, 0.5) is 13.2 Å². The zero-order chi connectivity index (χ0) is 22.8. The van der Waals surface area contributed by atoms with Crippen molar-refractivity contribution in [3.05, 3.63) is 101 Å². The fourth-order valence-electron chi connectivity index (χ4n) is 2.87. The summed E-state index contributed by atoms with van der Waals surface area (Å²) in [5, 5.41) is -0.118. The smallest absolute Gasteiger partial charge is 0.386 e. The Balaban J connectivity index is 1.80. The van der Waals surface area contributed by atoms with Gasteiger partial charge in [0.25, 0.3) is 5.56 Å². The number of para-hydroxylation sites is 2. The third-order valence-electron chi connectivity index (χ3n) is 4.26. The van der Waals surface area contributed by atoms with Gasteiger partial charge < -0.3 is 18.6 Å². The Morgan fingerprint density at radius 3 is 1.84 bits per heavy atom. The predicted molar refractivity (Wildman–Crippen MR) is 112 cm³/mol. The third kappa shape index (κ3) is 4.95. The molecule has 0 fully saturated rings. The highest BCUT2D eigenvalue weighted by atomic mass is 31.2. The van der Waals surface area contributed by atoms with E-state index in [0.29, 0.717) is 0 Å². The number of aromatic amines is 1. The second-order valence-corrected chi connectivity index (χ2v) is 8.05. The van der Waals surface area contributed by atoms with Crippen molar-refractivity contribution >= 4 is 18.7 Å². The molecule has 32 heavy (non-hydrogen) atoms. The molecule has 0 saturated carbocycles. The van der Waals surface area contributed by atoms with Crippen LogP contribution in [0.1, 0.15) is 5.56 Å². The molecule has 0 saturated heterocycles. The summed E-state index contributed by atoms with van der Waals surface area (Å²) in [6.07, 6.45) is -4.63. The summed E-state index contributed by atoms with van der Waals surface area (Å²) in [6.45, 7) is 0. The fourth-order valence-corrected chi connectivity index (χ4v) is 4.14. The number of fused-ring (bicyclic) bond motifs is 1. The average Bonchev–Trinajstić information content (AvgIpc) is 2.74. The Labute approximate surface area is 179 Å². The Kier molecular flexibility index (Phi) is 5.67. The van der Waals surface area contributed by atoms with Crippen LogP contribution in [0.3, 0.4) is 0 Å². The maximum atomic E-state index is 13.6. The maximum absolute atomic E-state index is 13.6. The van der Waals surface area contributed by atoms with Crippen molar-refractivity contribution in [1.29, 1.82) is 0 Å². The highest BCUT2D eigenvalue weighted by Gasteiger charge is 2.35. The third-order valence-corrected chi connectivity index (χ3v) is 5.55. The van der Waals surface area contributed by atoms with E-state index in [2.05, 4.69) is 4.98 Å². The van der Waals surface area contributed by atoms with Gasteiger partial charge in [-0.25, -0.2) is 0 Å². The molecule has 0 atom stereocenters. The molecule has 164 valence electrons. The number of nitrogens with one attached hydrogen (secondary N) is 1. The predicted octanol–water partition coefficient (Wildman–Crippen LogP) is 6.19. The van der Waals surface area contributed by atoms with E-state index in [1.165, 1.54) is 24.3 Å². The zero-order valence-electron chi connectivity index (χ0n) is 16.2. The number of benzene rings is 3. The lowest BCUT2D eigenvalue weighted by molar-refractivity contribution is -0.137. The summed E-state index contributed by atoms with van der Waals surface area (Å²) in [6, 6.07) is 19.5. The lowest BCUT2D eigenvalue weighted by Gasteiger charge is -2.20. The lowest BCUT2D eigenvalue weighted by atomic mass is 10.1. The van der Waals surface area contributed by atoms with Gasteiger partial charge in [0.1, 0.15) is 17.2 Å². The van der Waals surface area contributed by atoms with Crippen molar-refractivity contribution in [1.82, 2.24) is 4.98 Å². The Bertz CT molecular complexity index is 1300. The van der Waals surface area contributed by atoms with Gasteiger partial charge in [0.15, 0.2) is 0 Å². The minimum absolute atomic E-state index is 0.0615. The molecule has 0 amide bonds. The van der Waals surface area contributed by atoms with Crippen molar-refractivity contribution in [2.75, 3.05) is 0 Å². The Hall–Kier alpha value is -3.71. The first-order valence-electron chi connectivity index (χ1n) is 9.25. The molecule has 0 unspecified atom stereocenters. The standard InChI is InChI=1S/C22H15F3NO5P/c23-22(24,25)15-11-12-19-18(13-15)20(14-21(27)26-19)31-32(28,29-16-7-3-1-4-8-16)30-17-9-5-2-6-10-17/h1-14H,(H,26,27). The van der Waals surface area contributed by atoms with Crippen molar-refractivity contribution in [2.24, 2.45) is 0 Å². The van der Waals surface area contributed by atoms with E-state index < -0.39 is 25.1 Å². The van der Waals surface area contributed by atoms with Gasteiger partial charge in [-0.15, -0.1) is 0 Å². The van der Waals surface area contributed by atoms with Crippen LogP contribution >= 0.6 is 7.82 Å². The number of alkyl halides is 3. The van der Waals surface area contributed by atoms with Gasteiger partial charge in [-0.05, 0) is 42.5 Å². The van der Waals surface area contributed by atoms with E-state index in [1.54, 1.807) is 36.4 Å². The van der Waals surface area contributed by atoms with Gasteiger partial charge in [-0.2, -0.15) is 17.7 Å². The van der Waals surface area contributed by atoms with Gasteiger partial charge >= 0.3 is 14.0 Å². The highest BCUT2D eigenvalue weighted by molar-refractivity contribution is 7.49. The Morgan fingerprint density at radius 1 is 0.750 bits per heavy atom. The molecule has 0 radical (unpaired) electrons. The van der Waals surface area contributed by atoms with E-state index >= 15 is 0 Å². The fraction of sp³-hybridized carbons (Fsp3) is 0.0455. The van der Waals surface area contributed by atoms with Crippen LogP contribution in [-0.4, -0.2) is 4.98 Å². The van der Waals surface area contributed by atoms with Crippen LogP contribution < -0.4 is 19.1 Å². The number of hydrogen-bond acceptors (Lipinski definition) is 5. The minimum Gasteiger partial charge on any atom is -0.386 e. The molecule has 4 rings (SSSR count). The number of pyridine rings is 1. The molecule has 0 aliphatic carbocycles. The van der Waals surface area contributed by atoms with Crippen LogP contribution in [0.25, 0.3) is 10.9 Å². The monoisotopic (exact) mass is 461 g/mol. The molecule has 1 aromatic heterocycles. The molecule has 4 aromatic rings. The van der Waals surface area contributed by atoms with Crippen LogP contribution in [-0.2, 0) is 10.7 Å². The first-order valence-corrected chi connectivity index (χ1v) is 10.7. The van der Waals surface area contributed by atoms with Gasteiger partial charge in [-0.3, -0.25) is 4.79 Å². The van der Waals surface area contributed by atoms with Gasteiger partial charge in [-0.1, -0.05) is 36.4 Å². The number of H-pyrrole nitrogens is 1. The summed E-state index contributed by atoms with van der Waals surface area (Å²) >= 11 is 0. The summed E-state index contributed by atoms with van der Waals surface area (Å²) in [5.74, 6) is -0.112. The van der Waals surface area contributed by atoms with Crippen LogP contribution in [0.5, 0.6) is 17.2 Å². The van der Waals surface area contributed by atoms with Crippen LogP contribution in [0, 0.1) is 0 Å². The highest BCUT2D eigenvalue weighted by Crippen LogP contribution is 2.50. The van der Waals surface area contributed by atoms with E-state index in [1.807, 2.05) is 0 Å². The molecule has 3 aromatic carbocycles. The molecule has 10 heteroatoms. The zero-order valence-corrected chi connectivity index (χ0v) is 17.1. The van der Waals surface area contributed by atoms with Gasteiger partial charge in [0.2, 0.25) is 0 Å². The lowest BCUT2D eigenvalue weighted by Crippen LogP contribution is -2.12. The number of halogens is 3. The van der Waals surface area contributed by atoms with Gasteiger partial charge in [0.05, 0.1) is 11.1 Å². The van der Waals surface area contributed by atoms with E-state index in [-0.39, 0.29) is 28.2 Å². The summed E-state index contributed by atoms with van der Waals surface area (Å²) in [4.78, 5) is 14.5.